The van der Waals surface area contributed by atoms with Crippen LogP contribution in [0.1, 0.15) is 14.2 Å². The first-order valence-corrected chi connectivity index (χ1v) is 9.73. The Bertz CT molecular complexity index is 354. The van der Waals surface area contributed by atoms with Gasteiger partial charge in [0.05, 0.1) is 0 Å². The van der Waals surface area contributed by atoms with Gasteiger partial charge in [-0.1, -0.05) is 6.07 Å². The molecule has 0 saturated heterocycles. The summed E-state index contributed by atoms with van der Waals surface area (Å²) in [5, 5.41) is 17.6. The summed E-state index contributed by atoms with van der Waals surface area (Å²) in [5.74, 6) is 0. The standard InChI is InChI=1S/C13H19N5.3ClH.Fe.2H2/c1-2-12-10-16-8-6-14-4-5-15-7-9-17-11-13(3-1)18-12;;;;;;/h1-3H,4-11H2;3*1H;;2*1H/q-4;;;;+2;;/p-3. The van der Waals surface area contributed by atoms with E-state index in [0.717, 1.165) is 50.7 Å². The normalized spacial score (nSPS) is 17.2. The number of aromatic nitrogens is 1. The molecule has 2 heterocycles. The van der Waals surface area contributed by atoms with Crippen LogP contribution in [0.4, 0.5) is 0 Å². The molecular formula is C13H23Cl3FeN5-5. The Balaban J connectivity index is -0.000000685. The van der Waals surface area contributed by atoms with E-state index in [-0.39, 0.29) is 28.4 Å². The minimum absolute atomic E-state index is 0. The Kier molecular flexibility index (Phi) is 16.5. The second-order valence-electron chi connectivity index (χ2n) is 4.22. The van der Waals surface area contributed by atoms with Crippen molar-refractivity contribution in [3.8, 4) is 0 Å². The number of hydrogen-bond acceptors (Lipinski definition) is 1. The minimum Gasteiger partial charge on any atom is -0.665 e. The average molecular weight is 412 g/mol. The first-order valence-electron chi connectivity index (χ1n) is 6.70. The van der Waals surface area contributed by atoms with Crippen molar-refractivity contribution in [3.05, 3.63) is 50.9 Å². The summed E-state index contributed by atoms with van der Waals surface area (Å²) in [6.45, 7) is 6.09. The fraction of sp³-hybridized carbons (Fsp3) is 0.615. The number of fused-ring (bicyclic) bond motifs is 2. The molecule has 1 aromatic rings. The predicted octanol–water partition coefficient (Wildman–Crippen LogP) is 1.46. The van der Waals surface area contributed by atoms with E-state index < -0.39 is 0 Å². The predicted molar refractivity (Wildman–Crippen MR) is 90.2 cm³/mol. The summed E-state index contributed by atoms with van der Waals surface area (Å²) in [4.78, 5) is 4.53. The third kappa shape index (κ3) is 11.9. The van der Waals surface area contributed by atoms with Crippen LogP contribution in [0.25, 0.3) is 21.3 Å². The maximum atomic E-state index is 4.76. The van der Waals surface area contributed by atoms with Crippen LogP contribution in [0.2, 0.25) is 0 Å². The fourth-order valence-corrected chi connectivity index (χ4v) is 1.74. The average Bonchev–Trinajstić information content (AvgIpc) is 2.49. The smallest absolute Gasteiger partial charge is 0.0201 e. The van der Waals surface area contributed by atoms with Crippen molar-refractivity contribution < 1.29 is 28.4 Å². The number of hydrogen-bond donors (Lipinski definition) is 0. The van der Waals surface area contributed by atoms with E-state index in [1.807, 2.05) is 18.2 Å². The van der Waals surface area contributed by atoms with E-state index in [4.69, 9.17) is 20.2 Å². The second-order valence-corrected chi connectivity index (χ2v) is 6.05. The minimum atomic E-state index is 0. The Morgan fingerprint density at radius 2 is 1.18 bits per heavy atom. The molecule has 0 spiro atoms. The quantitative estimate of drug-likeness (QED) is 0.596. The number of halogens is 3. The maximum absolute atomic E-state index is 4.76. The topological polar surface area (TPSA) is 69.3 Å². The third-order valence-corrected chi connectivity index (χ3v) is 2.66. The molecule has 0 amide bonds. The Labute approximate surface area is 156 Å². The van der Waals surface area contributed by atoms with Gasteiger partial charge in [-0.15, -0.1) is 13.1 Å². The molecule has 0 fully saturated rings. The molecule has 0 atom stereocenters. The Morgan fingerprint density at radius 1 is 0.818 bits per heavy atom. The van der Waals surface area contributed by atoms with Crippen LogP contribution in [0.3, 0.4) is 0 Å². The summed E-state index contributed by atoms with van der Waals surface area (Å²) >= 11 is 0.194. The zero-order valence-corrected chi connectivity index (χ0v) is 15.5. The van der Waals surface area contributed by atoms with Crippen molar-refractivity contribution >= 4 is 20.2 Å². The molecule has 0 radical (unpaired) electrons. The molecule has 0 unspecified atom stereocenters. The molecule has 2 bridgehead atoms. The van der Waals surface area contributed by atoms with Gasteiger partial charge in [0, 0.05) is 14.2 Å². The van der Waals surface area contributed by atoms with Crippen LogP contribution in [0, 0.1) is 0 Å². The van der Waals surface area contributed by atoms with Crippen LogP contribution in [-0.4, -0.2) is 44.3 Å². The zero-order chi connectivity index (χ0) is 15.2. The van der Waals surface area contributed by atoms with Gasteiger partial charge in [0.1, 0.15) is 0 Å². The molecule has 0 aliphatic carbocycles. The van der Waals surface area contributed by atoms with Crippen LogP contribution >= 0.6 is 20.2 Å². The summed E-state index contributed by atoms with van der Waals surface area (Å²) in [6.07, 6.45) is 0. The van der Waals surface area contributed by atoms with Gasteiger partial charge < -0.3 is 33.7 Å². The molecular weight excluding hydrogens is 388 g/mol. The van der Waals surface area contributed by atoms with Crippen molar-refractivity contribution in [2.45, 2.75) is 13.1 Å². The van der Waals surface area contributed by atoms with Crippen LogP contribution in [0.15, 0.2) is 18.2 Å². The van der Waals surface area contributed by atoms with Gasteiger partial charge in [-0.25, -0.2) is 0 Å². The van der Waals surface area contributed by atoms with Gasteiger partial charge in [-0.2, -0.15) is 39.3 Å². The molecule has 22 heavy (non-hydrogen) atoms. The largest absolute Gasteiger partial charge is 0.665 e. The molecule has 1 aromatic heterocycles. The molecule has 134 valence electrons. The Morgan fingerprint density at radius 3 is 1.59 bits per heavy atom. The Hall–Kier alpha value is 0.379. The first-order chi connectivity index (χ1) is 10.4. The van der Waals surface area contributed by atoms with Gasteiger partial charge in [0.2, 0.25) is 0 Å². The van der Waals surface area contributed by atoms with E-state index >= 15 is 0 Å². The van der Waals surface area contributed by atoms with Gasteiger partial charge in [-0.3, -0.25) is 4.98 Å². The number of pyridine rings is 1. The molecule has 0 saturated carbocycles. The first kappa shape index (κ1) is 22.4. The van der Waals surface area contributed by atoms with Gasteiger partial charge >= 0.3 is 33.3 Å². The van der Waals surface area contributed by atoms with E-state index in [1.165, 1.54) is 0 Å². The molecule has 0 aromatic carbocycles. The number of rotatable bonds is 0. The van der Waals surface area contributed by atoms with Crippen LogP contribution < -0.4 is 12.4 Å². The van der Waals surface area contributed by atoms with Crippen molar-refractivity contribution in [2.24, 2.45) is 0 Å². The zero-order valence-electron chi connectivity index (χ0n) is 12.1. The van der Waals surface area contributed by atoms with Gasteiger partial charge in [0.15, 0.2) is 0 Å². The SMILES string of the molecule is [Cl-].[Cl][Fe][Cl].[HH].[HH].c1cc2nc(c1)C[N-]CC[N-]CC[N-]CC[N-]C2. The molecule has 5 nitrogen and oxygen atoms in total. The summed E-state index contributed by atoms with van der Waals surface area (Å²) in [7, 11) is 9.53. The van der Waals surface area contributed by atoms with E-state index in [2.05, 4.69) is 26.3 Å². The molecule has 0 N–H and O–H groups in total. The third-order valence-electron chi connectivity index (χ3n) is 2.66. The van der Waals surface area contributed by atoms with Crippen LogP contribution in [-0.2, 0) is 26.2 Å². The maximum Gasteiger partial charge on any atom is 0.0201 e. The van der Waals surface area contributed by atoms with Gasteiger partial charge in [-0.05, 0) is 12.1 Å². The monoisotopic (exact) mass is 410 g/mol. The van der Waals surface area contributed by atoms with E-state index in [9.17, 15) is 0 Å². The second kappa shape index (κ2) is 16.2. The summed E-state index contributed by atoms with van der Waals surface area (Å²) in [6, 6.07) is 6.05. The molecule has 1 aliphatic rings. The number of nitrogens with zero attached hydrogens (tertiary/aromatic N) is 5. The molecule has 2 rings (SSSR count). The van der Waals surface area contributed by atoms with Gasteiger partial charge in [0.25, 0.3) is 0 Å². The van der Waals surface area contributed by atoms with E-state index in [0.29, 0.717) is 13.1 Å². The van der Waals surface area contributed by atoms with Crippen molar-refractivity contribution in [2.75, 3.05) is 39.3 Å². The van der Waals surface area contributed by atoms with Crippen molar-refractivity contribution in [3.63, 3.8) is 0 Å². The van der Waals surface area contributed by atoms with Crippen molar-refractivity contribution in [1.82, 2.24) is 4.98 Å². The fourth-order valence-electron chi connectivity index (χ4n) is 1.74. The molecule has 1 aliphatic heterocycles. The summed E-state index contributed by atoms with van der Waals surface area (Å²) in [5.41, 5.74) is 2.03. The van der Waals surface area contributed by atoms with Crippen LogP contribution in [0.5, 0.6) is 0 Å². The van der Waals surface area contributed by atoms with Crippen molar-refractivity contribution in [1.29, 1.82) is 0 Å². The van der Waals surface area contributed by atoms with E-state index in [1.54, 1.807) is 0 Å². The molecule has 9 heteroatoms. The summed E-state index contributed by atoms with van der Waals surface area (Å²) < 4.78 is 0.